The van der Waals surface area contributed by atoms with Crippen molar-refractivity contribution in [3.63, 3.8) is 0 Å². The highest BCUT2D eigenvalue weighted by molar-refractivity contribution is 4.96. The topological polar surface area (TPSA) is 32.3 Å². The largest absolute Gasteiger partial charge is 0.395 e. The van der Waals surface area contributed by atoms with Gasteiger partial charge in [0.05, 0.1) is 6.61 Å². The van der Waals surface area contributed by atoms with Crippen LogP contribution >= 0.6 is 0 Å². The quantitative estimate of drug-likeness (QED) is 0.524. The molecule has 2 nitrogen and oxygen atoms in total. The fourth-order valence-electron chi connectivity index (χ4n) is 2.17. The van der Waals surface area contributed by atoms with Gasteiger partial charge < -0.3 is 10.4 Å². The molecule has 1 aliphatic heterocycles. The van der Waals surface area contributed by atoms with E-state index in [1.807, 2.05) is 0 Å². The predicted octanol–water partition coefficient (Wildman–Crippen LogP) is 0.119. The average molecular weight is 127 g/mol. The molecular weight excluding hydrogens is 114 g/mol. The van der Waals surface area contributed by atoms with E-state index in [-0.39, 0.29) is 0 Å². The number of aliphatic hydroxyl groups is 1. The summed E-state index contributed by atoms with van der Waals surface area (Å²) < 4.78 is 0. The Morgan fingerprint density at radius 2 is 2.33 bits per heavy atom. The van der Waals surface area contributed by atoms with E-state index in [1.165, 1.54) is 19.3 Å². The highest BCUT2D eigenvalue weighted by atomic mass is 16.3. The first-order chi connectivity index (χ1) is 4.40. The molecule has 0 aromatic rings. The summed E-state index contributed by atoms with van der Waals surface area (Å²) >= 11 is 0. The summed E-state index contributed by atoms with van der Waals surface area (Å²) in [6, 6.07) is 1.18. The summed E-state index contributed by atoms with van der Waals surface area (Å²) in [6.07, 6.45) is 3.98. The number of hydrogen-bond donors (Lipinski definition) is 2. The summed E-state index contributed by atoms with van der Waals surface area (Å²) in [5, 5.41) is 12.2. The van der Waals surface area contributed by atoms with Gasteiger partial charge in [-0.25, -0.2) is 0 Å². The summed E-state index contributed by atoms with van der Waals surface area (Å²) in [5.74, 6) is 0.792. The lowest BCUT2D eigenvalue weighted by molar-refractivity contribution is 0.210. The van der Waals surface area contributed by atoms with Crippen molar-refractivity contribution in [3.05, 3.63) is 0 Å². The van der Waals surface area contributed by atoms with Gasteiger partial charge in [0.1, 0.15) is 0 Å². The lowest BCUT2D eigenvalue weighted by Gasteiger charge is -2.20. The first-order valence-electron chi connectivity index (χ1n) is 3.77. The summed E-state index contributed by atoms with van der Waals surface area (Å²) in [4.78, 5) is 0. The normalized spacial score (nSPS) is 48.3. The molecule has 2 fully saturated rings. The number of hydrogen-bond acceptors (Lipinski definition) is 2. The molecule has 0 aromatic carbocycles. The molecule has 1 aliphatic carbocycles. The minimum atomic E-state index is 0.334. The van der Waals surface area contributed by atoms with Gasteiger partial charge in [-0.1, -0.05) is 0 Å². The molecule has 0 aromatic heterocycles. The number of nitrogens with one attached hydrogen (secondary N) is 1. The third-order valence-electron chi connectivity index (χ3n) is 2.69. The van der Waals surface area contributed by atoms with Crippen LogP contribution in [0.5, 0.6) is 0 Å². The van der Waals surface area contributed by atoms with Gasteiger partial charge in [-0.3, -0.25) is 0 Å². The Labute approximate surface area is 55.3 Å². The van der Waals surface area contributed by atoms with Crippen molar-refractivity contribution in [1.82, 2.24) is 5.32 Å². The fourth-order valence-corrected chi connectivity index (χ4v) is 2.17. The Bertz CT molecular complexity index is 115. The lowest BCUT2D eigenvalue weighted by atomic mass is 10.0. The van der Waals surface area contributed by atoms with E-state index in [1.54, 1.807) is 0 Å². The summed E-state index contributed by atoms with van der Waals surface area (Å²) in [5.41, 5.74) is 0. The van der Waals surface area contributed by atoms with Crippen LogP contribution in [0, 0.1) is 5.92 Å². The molecule has 0 radical (unpaired) electrons. The minimum absolute atomic E-state index is 0.334. The second-order valence-electron chi connectivity index (χ2n) is 3.23. The van der Waals surface area contributed by atoms with E-state index < -0.39 is 0 Å². The van der Waals surface area contributed by atoms with Gasteiger partial charge >= 0.3 is 0 Å². The molecule has 2 unspecified atom stereocenters. The van der Waals surface area contributed by atoms with Crippen LogP contribution in [0.4, 0.5) is 0 Å². The smallest absolute Gasteiger partial charge is 0.0587 e. The molecule has 3 atom stereocenters. The van der Waals surface area contributed by atoms with E-state index in [4.69, 9.17) is 5.11 Å². The third-order valence-corrected chi connectivity index (χ3v) is 2.69. The van der Waals surface area contributed by atoms with Crippen LogP contribution in [0.15, 0.2) is 0 Å². The summed E-state index contributed by atoms with van der Waals surface area (Å²) in [7, 11) is 0. The van der Waals surface area contributed by atoms with Gasteiger partial charge in [0.25, 0.3) is 0 Å². The van der Waals surface area contributed by atoms with Gasteiger partial charge in [-0.15, -0.1) is 0 Å². The van der Waals surface area contributed by atoms with Crippen molar-refractivity contribution < 1.29 is 5.11 Å². The highest BCUT2D eigenvalue weighted by Crippen LogP contribution is 2.34. The summed E-state index contributed by atoms with van der Waals surface area (Å²) in [6.45, 7) is 0.334. The second-order valence-corrected chi connectivity index (χ2v) is 3.23. The molecular formula is C7H13NO. The zero-order valence-corrected chi connectivity index (χ0v) is 5.51. The van der Waals surface area contributed by atoms with Crippen molar-refractivity contribution in [2.45, 2.75) is 31.3 Å². The maximum atomic E-state index is 8.83. The number of fused-ring (bicyclic) bond motifs is 2. The van der Waals surface area contributed by atoms with Gasteiger partial charge in [-0.2, -0.15) is 0 Å². The van der Waals surface area contributed by atoms with Crippen LogP contribution in [0.2, 0.25) is 0 Å². The molecule has 9 heavy (non-hydrogen) atoms. The Morgan fingerprint density at radius 3 is 2.67 bits per heavy atom. The van der Waals surface area contributed by atoms with Crippen molar-refractivity contribution >= 4 is 0 Å². The highest BCUT2D eigenvalue weighted by Gasteiger charge is 2.38. The van der Waals surface area contributed by atoms with Crippen LogP contribution in [0.3, 0.4) is 0 Å². The second kappa shape index (κ2) is 1.96. The standard InChI is InChI=1S/C7H13NO/c9-4-7-5-1-2-6(3-5)8-7/h5-9H,1-4H2/t5?,6?,7-/m0/s1. The first kappa shape index (κ1) is 5.69. The molecule has 2 heteroatoms. The zero-order valence-electron chi connectivity index (χ0n) is 5.51. The van der Waals surface area contributed by atoms with Crippen LogP contribution in [0.1, 0.15) is 19.3 Å². The molecule has 1 heterocycles. The molecule has 2 aliphatic rings. The molecule has 0 amide bonds. The van der Waals surface area contributed by atoms with Crippen LogP contribution < -0.4 is 5.32 Å². The van der Waals surface area contributed by atoms with Gasteiger partial charge in [0.15, 0.2) is 0 Å². The molecule has 52 valence electrons. The van der Waals surface area contributed by atoms with Crippen molar-refractivity contribution in [1.29, 1.82) is 0 Å². The average Bonchev–Trinajstić information content (AvgIpc) is 2.45. The lowest BCUT2D eigenvalue weighted by Crippen LogP contribution is -2.37. The molecule has 1 saturated carbocycles. The molecule has 2 rings (SSSR count). The van der Waals surface area contributed by atoms with Gasteiger partial charge in [0.2, 0.25) is 0 Å². The predicted molar refractivity (Wildman–Crippen MR) is 35.1 cm³/mol. The van der Waals surface area contributed by atoms with Crippen LogP contribution in [0.25, 0.3) is 0 Å². The fraction of sp³-hybridized carbons (Fsp3) is 1.00. The SMILES string of the molecule is OC[C@@H]1NC2CCC1C2. The molecule has 1 saturated heterocycles. The monoisotopic (exact) mass is 127 g/mol. The van der Waals surface area contributed by atoms with Crippen molar-refractivity contribution in [2.75, 3.05) is 6.61 Å². The number of piperidine rings is 1. The zero-order chi connectivity index (χ0) is 6.27. The minimum Gasteiger partial charge on any atom is -0.395 e. The van der Waals surface area contributed by atoms with Crippen molar-refractivity contribution in [2.24, 2.45) is 5.92 Å². The van der Waals surface area contributed by atoms with Gasteiger partial charge in [0, 0.05) is 12.1 Å². The molecule has 2 N–H and O–H groups in total. The Balaban J connectivity index is 2.01. The Kier molecular flexibility index (Phi) is 1.24. The van der Waals surface area contributed by atoms with E-state index >= 15 is 0 Å². The maximum absolute atomic E-state index is 8.83. The van der Waals surface area contributed by atoms with E-state index in [9.17, 15) is 0 Å². The number of aliphatic hydroxyl groups excluding tert-OH is 1. The van der Waals surface area contributed by atoms with Gasteiger partial charge in [-0.05, 0) is 25.2 Å². The molecule has 0 spiro atoms. The van der Waals surface area contributed by atoms with Crippen molar-refractivity contribution in [3.8, 4) is 0 Å². The Hall–Kier alpha value is -0.0800. The van der Waals surface area contributed by atoms with E-state index in [0.717, 1.165) is 12.0 Å². The number of rotatable bonds is 1. The first-order valence-corrected chi connectivity index (χ1v) is 3.77. The van der Waals surface area contributed by atoms with E-state index in [0.29, 0.717) is 12.6 Å². The van der Waals surface area contributed by atoms with Crippen LogP contribution in [-0.4, -0.2) is 23.8 Å². The molecule has 2 bridgehead atoms. The van der Waals surface area contributed by atoms with Crippen LogP contribution in [-0.2, 0) is 0 Å². The third kappa shape index (κ3) is 0.775. The van der Waals surface area contributed by atoms with E-state index in [2.05, 4.69) is 5.32 Å². The maximum Gasteiger partial charge on any atom is 0.0587 e. The Morgan fingerprint density at radius 1 is 1.44 bits per heavy atom.